The Labute approximate surface area is 190 Å². The number of benzene rings is 2. The van der Waals surface area contributed by atoms with Crippen LogP contribution in [0.15, 0.2) is 30.3 Å². The highest BCUT2D eigenvalue weighted by molar-refractivity contribution is 7.85. The van der Waals surface area contributed by atoms with E-state index in [9.17, 15) is 18.9 Å². The van der Waals surface area contributed by atoms with Crippen molar-refractivity contribution in [2.24, 2.45) is 0 Å². The van der Waals surface area contributed by atoms with Gasteiger partial charge in [-0.05, 0) is 30.0 Å². The summed E-state index contributed by atoms with van der Waals surface area (Å²) in [6, 6.07) is 13.0. The van der Waals surface area contributed by atoms with Gasteiger partial charge in [0.15, 0.2) is 0 Å². The van der Waals surface area contributed by atoms with Crippen LogP contribution in [0.3, 0.4) is 0 Å². The second-order valence-electron chi connectivity index (χ2n) is 7.29. The van der Waals surface area contributed by atoms with Crippen LogP contribution in [0.4, 0.5) is 0 Å². The van der Waals surface area contributed by atoms with Gasteiger partial charge in [-0.25, -0.2) is 0 Å². The molecule has 32 heavy (non-hydrogen) atoms. The quantitative estimate of drug-likeness (QED) is 0.329. The lowest BCUT2D eigenvalue weighted by molar-refractivity contribution is 0.300. The summed E-state index contributed by atoms with van der Waals surface area (Å²) in [4.78, 5) is 0. The summed E-state index contributed by atoms with van der Waals surface area (Å²) in [5.74, 6) is 0.695. The second-order valence-corrected chi connectivity index (χ2v) is 8.94. The molecule has 0 aliphatic carbocycles. The zero-order chi connectivity index (χ0) is 23.6. The van der Waals surface area contributed by atoms with Crippen molar-refractivity contribution in [3.05, 3.63) is 47.0 Å². The van der Waals surface area contributed by atoms with Gasteiger partial charge in [0.2, 0.25) is 0 Å². The lowest BCUT2D eigenvalue weighted by atomic mass is 9.96. The molecule has 2 aromatic rings. The molecule has 0 amide bonds. The molecule has 0 unspecified atom stereocenters. The summed E-state index contributed by atoms with van der Waals surface area (Å²) in [6.07, 6.45) is 4.50. The highest BCUT2D eigenvalue weighted by Crippen LogP contribution is 2.40. The van der Waals surface area contributed by atoms with Crippen LogP contribution in [0.2, 0.25) is 0 Å². The Hall–Kier alpha value is -3.07. The number of unbranched alkanes of at least 4 members (excludes halogenated alkanes) is 2. The SMILES string of the molecule is CCCCOc1cc(-c2ccc(COS(C)(=O)=O)cc2)c(OCCCC)c(C#N)c1C#N. The van der Waals surface area contributed by atoms with Crippen LogP contribution in [0.25, 0.3) is 11.1 Å². The molecular weight excluding hydrogens is 428 g/mol. The van der Waals surface area contributed by atoms with Gasteiger partial charge in [-0.2, -0.15) is 18.9 Å². The number of ether oxygens (including phenoxy) is 2. The third-order valence-electron chi connectivity index (χ3n) is 4.67. The minimum atomic E-state index is -3.54. The normalized spacial score (nSPS) is 10.9. The highest BCUT2D eigenvalue weighted by atomic mass is 32.2. The van der Waals surface area contributed by atoms with Gasteiger partial charge < -0.3 is 9.47 Å². The van der Waals surface area contributed by atoms with Crippen LogP contribution < -0.4 is 9.47 Å². The lowest BCUT2D eigenvalue weighted by Gasteiger charge is -2.18. The molecule has 0 fully saturated rings. The molecule has 0 N–H and O–H groups in total. The summed E-state index contributed by atoms with van der Waals surface area (Å²) in [7, 11) is -3.54. The smallest absolute Gasteiger partial charge is 0.264 e. The van der Waals surface area contributed by atoms with Crippen LogP contribution in [0, 0.1) is 22.7 Å². The number of rotatable bonds is 12. The monoisotopic (exact) mass is 456 g/mol. The van der Waals surface area contributed by atoms with E-state index in [2.05, 4.69) is 12.1 Å². The zero-order valence-corrected chi connectivity index (χ0v) is 19.5. The molecule has 2 aromatic carbocycles. The fourth-order valence-corrected chi connectivity index (χ4v) is 3.29. The maximum absolute atomic E-state index is 11.2. The van der Waals surface area contributed by atoms with E-state index >= 15 is 0 Å². The van der Waals surface area contributed by atoms with E-state index in [1.54, 1.807) is 30.3 Å². The first-order chi connectivity index (χ1) is 15.3. The Morgan fingerprint density at radius 2 is 1.50 bits per heavy atom. The van der Waals surface area contributed by atoms with Crippen molar-refractivity contribution in [2.75, 3.05) is 19.5 Å². The van der Waals surface area contributed by atoms with Gasteiger partial charge >= 0.3 is 0 Å². The Bertz CT molecular complexity index is 1100. The van der Waals surface area contributed by atoms with Crippen molar-refractivity contribution in [2.45, 2.75) is 46.1 Å². The van der Waals surface area contributed by atoms with Gasteiger partial charge in [0.05, 0.1) is 26.1 Å². The average molecular weight is 457 g/mol. The number of nitrogens with zero attached hydrogens (tertiary/aromatic N) is 2. The predicted octanol–water partition coefficient (Wildman–Crippen LogP) is 4.93. The molecule has 170 valence electrons. The van der Waals surface area contributed by atoms with Crippen LogP contribution in [-0.2, 0) is 20.9 Å². The van der Waals surface area contributed by atoms with Crippen LogP contribution in [0.5, 0.6) is 11.5 Å². The number of nitriles is 2. The fraction of sp³-hybridized carbons (Fsp3) is 0.417. The largest absolute Gasteiger partial charge is 0.492 e. The van der Waals surface area contributed by atoms with Crippen molar-refractivity contribution in [3.63, 3.8) is 0 Å². The first kappa shape index (κ1) is 25.2. The van der Waals surface area contributed by atoms with Crippen molar-refractivity contribution in [1.82, 2.24) is 0 Å². The van der Waals surface area contributed by atoms with Crippen molar-refractivity contribution in [3.8, 4) is 34.8 Å². The highest BCUT2D eigenvalue weighted by Gasteiger charge is 2.22. The van der Waals surface area contributed by atoms with Crippen LogP contribution >= 0.6 is 0 Å². The van der Waals surface area contributed by atoms with E-state index in [-0.39, 0.29) is 17.7 Å². The molecule has 0 saturated heterocycles. The van der Waals surface area contributed by atoms with Crippen molar-refractivity contribution >= 4 is 10.1 Å². The molecule has 7 nitrogen and oxygen atoms in total. The molecule has 0 aliphatic rings. The van der Waals surface area contributed by atoms with Crippen LogP contribution in [0.1, 0.15) is 56.2 Å². The third kappa shape index (κ3) is 6.98. The molecule has 0 saturated carbocycles. The molecule has 8 heteroatoms. The lowest BCUT2D eigenvalue weighted by Crippen LogP contribution is -2.06. The topological polar surface area (TPSA) is 109 Å². The van der Waals surface area contributed by atoms with Gasteiger partial charge in [0.25, 0.3) is 10.1 Å². The number of hydrogen-bond donors (Lipinski definition) is 0. The Morgan fingerprint density at radius 1 is 0.906 bits per heavy atom. The first-order valence-electron chi connectivity index (χ1n) is 10.5. The van der Waals surface area contributed by atoms with E-state index in [0.717, 1.165) is 37.5 Å². The van der Waals surface area contributed by atoms with Crippen LogP contribution in [-0.4, -0.2) is 27.9 Å². The summed E-state index contributed by atoms with van der Waals surface area (Å²) < 4.78 is 39.1. The van der Waals surface area contributed by atoms with Gasteiger partial charge in [0.1, 0.15) is 34.8 Å². The van der Waals surface area contributed by atoms with E-state index < -0.39 is 10.1 Å². The van der Waals surface area contributed by atoms with Gasteiger partial charge in [-0.15, -0.1) is 0 Å². The predicted molar refractivity (Wildman–Crippen MR) is 122 cm³/mol. The summed E-state index contributed by atoms with van der Waals surface area (Å²) in [5.41, 5.74) is 2.38. The fourth-order valence-electron chi connectivity index (χ4n) is 2.94. The van der Waals surface area contributed by atoms with E-state index in [1.807, 2.05) is 13.8 Å². The molecule has 0 aromatic heterocycles. The second kappa shape index (κ2) is 12.1. The van der Waals surface area contributed by atoms with Gasteiger partial charge in [0, 0.05) is 5.56 Å². The Morgan fingerprint density at radius 3 is 2.03 bits per heavy atom. The van der Waals surface area contributed by atoms with E-state index in [4.69, 9.17) is 13.7 Å². The van der Waals surface area contributed by atoms with Crippen molar-refractivity contribution < 1.29 is 22.1 Å². The Balaban J connectivity index is 2.53. The average Bonchev–Trinajstić information content (AvgIpc) is 2.77. The first-order valence-corrected chi connectivity index (χ1v) is 12.4. The molecule has 0 atom stereocenters. The standard InChI is InChI=1S/C24H28N2O5S/c1-4-6-12-29-23-14-20(19-10-8-18(9-11-19)17-31-32(3,27)28)24(30-13-7-5-2)22(16-26)21(23)15-25/h8-11,14H,4-7,12-13,17H2,1-3H3. The zero-order valence-electron chi connectivity index (χ0n) is 18.7. The summed E-state index contributed by atoms with van der Waals surface area (Å²) >= 11 is 0. The summed E-state index contributed by atoms with van der Waals surface area (Å²) in [5, 5.41) is 19.5. The van der Waals surface area contributed by atoms with Gasteiger partial charge in [-0.3, -0.25) is 4.18 Å². The molecule has 0 radical (unpaired) electrons. The maximum Gasteiger partial charge on any atom is 0.264 e. The minimum absolute atomic E-state index is 0.0683. The van der Waals surface area contributed by atoms with E-state index in [1.165, 1.54) is 0 Å². The molecule has 0 heterocycles. The molecule has 2 rings (SSSR count). The molecule has 0 spiro atoms. The maximum atomic E-state index is 11.2. The summed E-state index contributed by atoms with van der Waals surface area (Å²) in [6.45, 7) is 4.87. The third-order valence-corrected chi connectivity index (χ3v) is 5.22. The van der Waals surface area contributed by atoms with E-state index in [0.29, 0.717) is 35.8 Å². The minimum Gasteiger partial charge on any atom is -0.492 e. The molecule has 0 aliphatic heterocycles. The van der Waals surface area contributed by atoms with Crippen molar-refractivity contribution in [1.29, 1.82) is 10.5 Å². The van der Waals surface area contributed by atoms with Gasteiger partial charge in [-0.1, -0.05) is 51.0 Å². The molecular formula is C24H28N2O5S. The number of hydrogen-bond acceptors (Lipinski definition) is 7. The Kier molecular flexibility index (Phi) is 9.52. The molecule has 0 bridgehead atoms.